The van der Waals surface area contributed by atoms with Gasteiger partial charge in [-0.1, -0.05) is 0 Å². The molecule has 0 fully saturated rings. The maximum absolute atomic E-state index is 5.60. The highest BCUT2D eigenvalue weighted by atomic mass is 15.2. The Hall–Kier alpha value is -3.36. The number of aryl methyl sites for hydroxylation is 1. The molecule has 0 amide bonds. The van der Waals surface area contributed by atoms with Crippen LogP contribution in [0, 0.1) is 6.92 Å². The second-order valence-electron chi connectivity index (χ2n) is 5.23. The molecule has 1 heterocycles. The zero-order chi connectivity index (χ0) is 17.7. The molecule has 7 N–H and O–H groups in total. The van der Waals surface area contributed by atoms with E-state index in [0.29, 0.717) is 17.3 Å². The number of anilines is 3. The summed E-state index contributed by atoms with van der Waals surface area (Å²) in [5, 5.41) is 3.23. The van der Waals surface area contributed by atoms with Crippen LogP contribution in [0.4, 0.5) is 23.0 Å². The first-order valence-corrected chi connectivity index (χ1v) is 7.17. The average Bonchev–Trinajstić information content (AvgIpc) is 2.47. The van der Waals surface area contributed by atoms with Crippen molar-refractivity contribution < 1.29 is 0 Å². The lowest BCUT2D eigenvalue weighted by atomic mass is 10.3. The molecule has 0 saturated heterocycles. The summed E-state index contributed by atoms with van der Waals surface area (Å²) in [4.78, 5) is 18.4. The van der Waals surface area contributed by atoms with Gasteiger partial charge in [-0.25, -0.2) is 15.0 Å². The topological polar surface area (TPSA) is 144 Å². The number of rotatable bonds is 4. The monoisotopic (exact) mass is 327 g/mol. The van der Waals surface area contributed by atoms with E-state index in [2.05, 4.69) is 25.3 Å². The number of aliphatic imine (C=N–C) groups is 2. The maximum atomic E-state index is 5.60. The van der Waals surface area contributed by atoms with Crippen LogP contribution in [0.1, 0.15) is 5.82 Å². The normalized spacial score (nSPS) is 11.0. The summed E-state index contributed by atoms with van der Waals surface area (Å²) in [5.41, 5.74) is 17.6. The molecule has 0 aliphatic heterocycles. The smallest absolute Gasteiger partial charge is 0.223 e. The van der Waals surface area contributed by atoms with Gasteiger partial charge in [0.15, 0.2) is 5.96 Å². The fraction of sp³-hybridized carbons (Fsp3) is 0.200. The fourth-order valence-corrected chi connectivity index (χ4v) is 1.90. The predicted molar refractivity (Wildman–Crippen MR) is 97.9 cm³/mol. The molecular weight excluding hydrogens is 306 g/mol. The molecule has 0 saturated carbocycles. The Bertz CT molecular complexity index is 759. The zero-order valence-corrected chi connectivity index (χ0v) is 13.9. The molecule has 1 aromatic heterocycles. The van der Waals surface area contributed by atoms with Gasteiger partial charge in [0.1, 0.15) is 17.5 Å². The predicted octanol–water partition coefficient (Wildman–Crippen LogP) is 0.814. The fourth-order valence-electron chi connectivity index (χ4n) is 1.90. The quantitative estimate of drug-likeness (QED) is 0.480. The molecule has 0 unspecified atom stereocenters. The molecule has 0 aliphatic carbocycles. The maximum Gasteiger partial charge on any atom is 0.223 e. The van der Waals surface area contributed by atoms with E-state index in [9.17, 15) is 0 Å². The minimum absolute atomic E-state index is 0.00207. The van der Waals surface area contributed by atoms with Gasteiger partial charge in [0.2, 0.25) is 5.96 Å². The first kappa shape index (κ1) is 17.0. The average molecular weight is 327 g/mol. The summed E-state index contributed by atoms with van der Waals surface area (Å²) < 4.78 is 0. The summed E-state index contributed by atoms with van der Waals surface area (Å²) >= 11 is 0. The third-order valence-electron chi connectivity index (χ3n) is 2.91. The van der Waals surface area contributed by atoms with Crippen LogP contribution in [0.15, 0.2) is 40.3 Å². The first-order chi connectivity index (χ1) is 11.3. The van der Waals surface area contributed by atoms with Crippen LogP contribution in [0.25, 0.3) is 0 Å². The molecular formula is C15H21N9. The minimum atomic E-state index is -0.134. The lowest BCUT2D eigenvalue weighted by molar-refractivity contribution is 0.991. The largest absolute Gasteiger partial charge is 0.370 e. The van der Waals surface area contributed by atoms with E-state index in [1.165, 1.54) is 0 Å². The van der Waals surface area contributed by atoms with Crippen molar-refractivity contribution in [2.45, 2.75) is 6.92 Å². The van der Waals surface area contributed by atoms with Crippen molar-refractivity contribution in [2.24, 2.45) is 27.2 Å². The van der Waals surface area contributed by atoms with Gasteiger partial charge in [-0.3, -0.25) is 0 Å². The van der Waals surface area contributed by atoms with Crippen LogP contribution in [-0.2, 0) is 0 Å². The van der Waals surface area contributed by atoms with E-state index in [-0.39, 0.29) is 11.9 Å². The Morgan fingerprint density at radius 2 is 1.75 bits per heavy atom. The second-order valence-corrected chi connectivity index (χ2v) is 5.23. The van der Waals surface area contributed by atoms with E-state index in [1.807, 2.05) is 44.1 Å². The molecule has 0 spiro atoms. The van der Waals surface area contributed by atoms with Gasteiger partial charge in [-0.15, -0.1) is 0 Å². The minimum Gasteiger partial charge on any atom is -0.370 e. The molecule has 9 nitrogen and oxygen atoms in total. The van der Waals surface area contributed by atoms with E-state index in [1.54, 1.807) is 12.1 Å². The molecule has 1 aromatic carbocycles. The van der Waals surface area contributed by atoms with Gasteiger partial charge in [0, 0.05) is 25.8 Å². The molecule has 0 atom stereocenters. The third-order valence-corrected chi connectivity index (χ3v) is 2.91. The van der Waals surface area contributed by atoms with Gasteiger partial charge in [-0.05, 0) is 31.2 Å². The van der Waals surface area contributed by atoms with E-state index < -0.39 is 0 Å². The molecule has 0 radical (unpaired) electrons. The number of guanidine groups is 2. The summed E-state index contributed by atoms with van der Waals surface area (Å²) in [5.74, 6) is 2.09. The molecule has 126 valence electrons. The number of hydrogen-bond acceptors (Lipinski definition) is 5. The second kappa shape index (κ2) is 7.27. The summed E-state index contributed by atoms with van der Waals surface area (Å²) in [7, 11) is 3.86. The molecule has 0 aliphatic rings. The van der Waals surface area contributed by atoms with Crippen molar-refractivity contribution in [3.8, 4) is 0 Å². The third kappa shape index (κ3) is 4.83. The number of benzene rings is 1. The van der Waals surface area contributed by atoms with Crippen LogP contribution in [0.2, 0.25) is 0 Å². The van der Waals surface area contributed by atoms with Gasteiger partial charge < -0.3 is 27.4 Å². The Labute approximate surface area is 140 Å². The van der Waals surface area contributed by atoms with Gasteiger partial charge in [0.25, 0.3) is 0 Å². The van der Waals surface area contributed by atoms with Crippen LogP contribution in [-0.4, -0.2) is 36.0 Å². The highest BCUT2D eigenvalue weighted by Gasteiger charge is 2.04. The van der Waals surface area contributed by atoms with Crippen molar-refractivity contribution in [3.63, 3.8) is 0 Å². The molecule has 0 bridgehead atoms. The van der Waals surface area contributed by atoms with Crippen LogP contribution in [0.3, 0.4) is 0 Å². The van der Waals surface area contributed by atoms with Crippen molar-refractivity contribution in [3.05, 3.63) is 36.2 Å². The summed E-state index contributed by atoms with van der Waals surface area (Å²) in [6.45, 7) is 1.85. The van der Waals surface area contributed by atoms with Gasteiger partial charge in [0.05, 0.1) is 5.69 Å². The molecule has 2 aromatic rings. The number of nitrogens with zero attached hydrogens (tertiary/aromatic N) is 5. The summed E-state index contributed by atoms with van der Waals surface area (Å²) in [6, 6.07) is 9.16. The van der Waals surface area contributed by atoms with E-state index in [4.69, 9.17) is 17.2 Å². The van der Waals surface area contributed by atoms with Crippen LogP contribution in [0.5, 0.6) is 0 Å². The number of aromatic nitrogens is 2. The lowest BCUT2D eigenvalue weighted by Gasteiger charge is -2.14. The lowest BCUT2D eigenvalue weighted by Crippen LogP contribution is -2.26. The molecule has 24 heavy (non-hydrogen) atoms. The first-order valence-electron chi connectivity index (χ1n) is 7.17. The van der Waals surface area contributed by atoms with E-state index in [0.717, 1.165) is 11.5 Å². The number of nitrogens with two attached hydrogens (primary N) is 3. The Morgan fingerprint density at radius 1 is 1.08 bits per heavy atom. The Morgan fingerprint density at radius 3 is 2.33 bits per heavy atom. The molecule has 2 rings (SSSR count). The zero-order valence-electron chi connectivity index (χ0n) is 13.9. The standard InChI is InChI=1S/C15H21N9/c1-9-19-12(8-13(20-9)24(2)3)21-10-4-6-11(7-5-10)22-15(18)23-14(16)17/h4-8H,1-3H3,(H,19,20,21)(H6,16,17,18,22,23). The highest BCUT2D eigenvalue weighted by Crippen LogP contribution is 2.21. The van der Waals surface area contributed by atoms with Gasteiger partial charge >= 0.3 is 0 Å². The Balaban J connectivity index is 2.16. The van der Waals surface area contributed by atoms with E-state index >= 15 is 0 Å². The highest BCUT2D eigenvalue weighted by molar-refractivity contribution is 5.93. The molecule has 9 heteroatoms. The SMILES string of the molecule is Cc1nc(Nc2ccc(N=C(N)N=C(N)N)cc2)cc(N(C)C)n1. The van der Waals surface area contributed by atoms with Crippen LogP contribution >= 0.6 is 0 Å². The van der Waals surface area contributed by atoms with Crippen molar-refractivity contribution >= 4 is 34.9 Å². The van der Waals surface area contributed by atoms with Crippen LogP contribution < -0.4 is 27.4 Å². The number of nitrogens with one attached hydrogen (secondary N) is 1. The van der Waals surface area contributed by atoms with Gasteiger partial charge in [-0.2, -0.15) is 4.99 Å². The summed E-state index contributed by atoms with van der Waals surface area (Å²) in [6.07, 6.45) is 0. The van der Waals surface area contributed by atoms with Crippen molar-refractivity contribution in [2.75, 3.05) is 24.3 Å². The van der Waals surface area contributed by atoms with Crippen molar-refractivity contribution in [1.29, 1.82) is 0 Å². The Kier molecular flexibility index (Phi) is 5.15. The number of hydrogen-bond donors (Lipinski definition) is 4. The van der Waals surface area contributed by atoms with Crippen molar-refractivity contribution in [1.82, 2.24) is 9.97 Å².